The van der Waals surface area contributed by atoms with Crippen LogP contribution in [-0.4, -0.2) is 17.7 Å². The van der Waals surface area contributed by atoms with E-state index in [4.69, 9.17) is 0 Å². The second-order valence-electron chi connectivity index (χ2n) is 6.72. The van der Waals surface area contributed by atoms with Gasteiger partial charge in [-0.2, -0.15) is 0 Å². The molecule has 1 saturated carbocycles. The molecule has 0 bridgehead atoms. The van der Waals surface area contributed by atoms with Crippen molar-refractivity contribution in [1.29, 1.82) is 0 Å². The summed E-state index contributed by atoms with van der Waals surface area (Å²) >= 11 is 0. The third-order valence-corrected chi connectivity index (χ3v) is 4.99. The van der Waals surface area contributed by atoms with Gasteiger partial charge in [-0.1, -0.05) is 33.8 Å². The highest BCUT2D eigenvalue weighted by molar-refractivity contribution is 6.12. The molecule has 2 aliphatic carbocycles. The van der Waals surface area contributed by atoms with Crippen molar-refractivity contribution < 1.29 is 9.59 Å². The number of nitrogens with one attached hydrogen (secondary N) is 1. The molecule has 1 N–H and O–H groups in total. The van der Waals surface area contributed by atoms with E-state index in [0.29, 0.717) is 5.92 Å². The molecule has 3 nitrogen and oxygen atoms in total. The fourth-order valence-electron chi connectivity index (χ4n) is 3.22. The lowest BCUT2D eigenvalue weighted by Gasteiger charge is -2.22. The van der Waals surface area contributed by atoms with Crippen molar-refractivity contribution in [1.82, 2.24) is 5.32 Å². The van der Waals surface area contributed by atoms with Gasteiger partial charge in [0.25, 0.3) is 0 Å². The Labute approximate surface area is 109 Å². The zero-order valence-corrected chi connectivity index (χ0v) is 12.1. The van der Waals surface area contributed by atoms with Crippen molar-refractivity contribution in [2.24, 2.45) is 22.7 Å². The third-order valence-electron chi connectivity index (χ3n) is 4.99. The Morgan fingerprint density at radius 1 is 1.33 bits per heavy atom. The Kier molecular flexibility index (Phi) is 2.73. The molecule has 3 atom stereocenters. The van der Waals surface area contributed by atoms with Crippen LogP contribution in [0.1, 0.15) is 41.5 Å². The molecule has 2 aliphatic rings. The molecule has 2 rings (SSSR count). The fourth-order valence-corrected chi connectivity index (χ4v) is 3.22. The number of hydrogen-bond acceptors (Lipinski definition) is 2. The van der Waals surface area contributed by atoms with Crippen LogP contribution in [0.25, 0.3) is 0 Å². The molecule has 0 aromatic carbocycles. The lowest BCUT2D eigenvalue weighted by atomic mass is 9.92. The first-order valence-electron chi connectivity index (χ1n) is 6.71. The maximum absolute atomic E-state index is 12.5. The van der Waals surface area contributed by atoms with Gasteiger partial charge >= 0.3 is 0 Å². The van der Waals surface area contributed by atoms with Crippen LogP contribution >= 0.6 is 0 Å². The Morgan fingerprint density at radius 3 is 2.33 bits per heavy atom. The van der Waals surface area contributed by atoms with E-state index >= 15 is 0 Å². The van der Waals surface area contributed by atoms with Crippen LogP contribution in [0, 0.1) is 22.7 Å². The van der Waals surface area contributed by atoms with Gasteiger partial charge in [0.15, 0.2) is 5.78 Å². The predicted molar refractivity (Wildman–Crippen MR) is 70.9 cm³/mol. The molecule has 0 heterocycles. The molecular formula is C15H23NO2. The first-order chi connectivity index (χ1) is 8.16. The van der Waals surface area contributed by atoms with Gasteiger partial charge in [-0.15, -0.1) is 0 Å². The molecule has 18 heavy (non-hydrogen) atoms. The quantitative estimate of drug-likeness (QED) is 0.834. The second-order valence-corrected chi connectivity index (χ2v) is 6.72. The number of Topliss-reactive ketones (excluding diaryl/α,β-unsaturated/α-hetero) is 1. The Bertz CT molecular complexity index is 447. The van der Waals surface area contributed by atoms with Crippen molar-refractivity contribution >= 4 is 11.7 Å². The summed E-state index contributed by atoms with van der Waals surface area (Å²) in [7, 11) is 0. The van der Waals surface area contributed by atoms with Crippen LogP contribution in [0.3, 0.4) is 0 Å². The molecule has 0 radical (unpaired) electrons. The minimum atomic E-state index is -0.586. The Hall–Kier alpha value is -1.12. The summed E-state index contributed by atoms with van der Waals surface area (Å²) in [5, 5.41) is 3.06. The minimum Gasteiger partial charge on any atom is -0.353 e. The highest BCUT2D eigenvalue weighted by Gasteiger charge is 2.79. The average molecular weight is 249 g/mol. The summed E-state index contributed by atoms with van der Waals surface area (Å²) in [6.07, 6.45) is 1.89. The van der Waals surface area contributed by atoms with E-state index in [1.807, 2.05) is 33.8 Å². The summed E-state index contributed by atoms with van der Waals surface area (Å²) in [6.45, 7) is 12.0. The summed E-state index contributed by atoms with van der Waals surface area (Å²) in [5.41, 5.74) is -0.0755. The molecule has 3 heteroatoms. The molecule has 0 aliphatic heterocycles. The number of hydrogen-bond donors (Lipinski definition) is 1. The van der Waals surface area contributed by atoms with Gasteiger partial charge in [0.05, 0.1) is 5.41 Å². The number of ketones is 1. The van der Waals surface area contributed by atoms with Crippen LogP contribution in [0.2, 0.25) is 0 Å². The maximum Gasteiger partial charge on any atom is 0.231 e. The van der Waals surface area contributed by atoms with Crippen LogP contribution < -0.4 is 5.32 Å². The zero-order valence-electron chi connectivity index (χ0n) is 12.1. The monoisotopic (exact) mass is 249 g/mol. The largest absolute Gasteiger partial charge is 0.353 e. The van der Waals surface area contributed by atoms with Crippen molar-refractivity contribution in [3.63, 3.8) is 0 Å². The van der Waals surface area contributed by atoms with E-state index in [-0.39, 0.29) is 29.1 Å². The lowest BCUT2D eigenvalue weighted by molar-refractivity contribution is -0.127. The topological polar surface area (TPSA) is 46.2 Å². The van der Waals surface area contributed by atoms with Crippen molar-refractivity contribution in [2.75, 3.05) is 0 Å². The second kappa shape index (κ2) is 3.69. The van der Waals surface area contributed by atoms with Gasteiger partial charge in [0, 0.05) is 12.0 Å². The Balaban J connectivity index is 2.24. The molecule has 100 valence electrons. The molecule has 0 saturated heterocycles. The normalized spacial score (nSPS) is 34.1. The lowest BCUT2D eigenvalue weighted by Crippen LogP contribution is -2.41. The van der Waals surface area contributed by atoms with E-state index < -0.39 is 5.41 Å². The number of rotatable bonds is 3. The van der Waals surface area contributed by atoms with Gasteiger partial charge in [-0.25, -0.2) is 0 Å². The van der Waals surface area contributed by atoms with E-state index in [0.717, 1.165) is 5.57 Å². The maximum atomic E-state index is 12.5. The van der Waals surface area contributed by atoms with Crippen molar-refractivity contribution in [2.45, 2.75) is 47.6 Å². The summed E-state index contributed by atoms with van der Waals surface area (Å²) in [5.74, 6) is 0.411. The van der Waals surface area contributed by atoms with Crippen molar-refractivity contribution in [3.8, 4) is 0 Å². The van der Waals surface area contributed by atoms with Crippen molar-refractivity contribution in [3.05, 3.63) is 11.6 Å². The smallest absolute Gasteiger partial charge is 0.231 e. The van der Waals surface area contributed by atoms with E-state index in [9.17, 15) is 9.59 Å². The number of fused-ring (bicyclic) bond motifs is 1. The molecule has 0 aromatic heterocycles. The summed E-state index contributed by atoms with van der Waals surface area (Å²) < 4.78 is 0. The average Bonchev–Trinajstić information content (AvgIpc) is 2.56. The molecule has 1 amide bonds. The SMILES string of the molecule is CC1=C[C@@]2(C(=O)N[C@@H](C)C(C)C)[C@@H](C1=O)C2(C)C. The van der Waals surface area contributed by atoms with Crippen LogP contribution in [0.4, 0.5) is 0 Å². The van der Waals surface area contributed by atoms with Crippen LogP contribution in [0.15, 0.2) is 11.6 Å². The highest BCUT2D eigenvalue weighted by Crippen LogP contribution is 2.73. The molecule has 0 spiro atoms. The third kappa shape index (κ3) is 1.42. The first-order valence-corrected chi connectivity index (χ1v) is 6.71. The van der Waals surface area contributed by atoms with Crippen LogP contribution in [0.5, 0.6) is 0 Å². The molecule has 0 aromatic rings. The number of amides is 1. The number of allylic oxidation sites excluding steroid dienone is 1. The summed E-state index contributed by atoms with van der Waals surface area (Å²) in [6, 6.07) is 0.133. The van der Waals surface area contributed by atoms with Gasteiger partial charge < -0.3 is 5.32 Å². The Morgan fingerprint density at radius 2 is 1.89 bits per heavy atom. The van der Waals surface area contributed by atoms with E-state index in [2.05, 4.69) is 19.2 Å². The van der Waals surface area contributed by atoms with Gasteiger partial charge in [-0.3, -0.25) is 9.59 Å². The molecular weight excluding hydrogens is 226 g/mol. The standard InChI is InChI=1S/C15H23NO2/c1-8(2)10(4)16-13(18)15-7-9(3)11(17)12(15)14(15,5)6/h7-8,10,12H,1-6H3,(H,16,18)/t10-,12-,15-/m0/s1. The zero-order chi connectivity index (χ0) is 13.9. The molecule has 0 unspecified atom stereocenters. The summed E-state index contributed by atoms with van der Waals surface area (Å²) in [4.78, 5) is 24.6. The predicted octanol–water partition coefficient (Wildman–Crippen LogP) is 2.32. The first kappa shape index (κ1) is 13.3. The molecule has 1 fully saturated rings. The van der Waals surface area contributed by atoms with Gasteiger partial charge in [0.1, 0.15) is 0 Å². The van der Waals surface area contributed by atoms with E-state index in [1.54, 1.807) is 0 Å². The number of carbonyl (C=O) groups is 2. The van der Waals surface area contributed by atoms with Gasteiger partial charge in [-0.05, 0) is 30.8 Å². The van der Waals surface area contributed by atoms with Gasteiger partial charge in [0.2, 0.25) is 5.91 Å². The minimum absolute atomic E-state index is 0.0175. The fraction of sp³-hybridized carbons (Fsp3) is 0.733. The highest BCUT2D eigenvalue weighted by atomic mass is 16.2. The van der Waals surface area contributed by atoms with E-state index in [1.165, 1.54) is 0 Å². The van der Waals surface area contributed by atoms with Crippen LogP contribution in [-0.2, 0) is 9.59 Å². The number of carbonyl (C=O) groups excluding carboxylic acids is 2.